The number of carbonyl (C=O) groups excluding carboxylic acids is 1. The number of hydrogen-bond acceptors (Lipinski definition) is 2. The maximum Gasteiger partial charge on any atom is 0.225 e. The molecule has 110 valence electrons. The Morgan fingerprint density at radius 2 is 1.95 bits per heavy atom. The van der Waals surface area contributed by atoms with Gasteiger partial charge in [-0.15, -0.1) is 0 Å². The first kappa shape index (κ1) is 14.8. The molecule has 0 aromatic carbocycles. The number of β-amino-alcohol motifs (C(OH)–C–C–N with tert-alkyl or cyclic N) is 1. The summed E-state index contributed by atoms with van der Waals surface area (Å²) in [4.78, 5) is 14.5. The van der Waals surface area contributed by atoms with Crippen molar-refractivity contribution in [1.29, 1.82) is 0 Å². The minimum absolute atomic E-state index is 0.188. The van der Waals surface area contributed by atoms with Crippen molar-refractivity contribution in [2.45, 2.75) is 70.8 Å². The molecule has 19 heavy (non-hydrogen) atoms. The molecule has 1 N–H and O–H groups in total. The van der Waals surface area contributed by atoms with Crippen LogP contribution >= 0.6 is 0 Å². The van der Waals surface area contributed by atoms with Crippen molar-refractivity contribution in [1.82, 2.24) is 4.90 Å². The molecule has 0 aromatic heterocycles. The molecular formula is C16H29NO2. The van der Waals surface area contributed by atoms with Crippen molar-refractivity contribution < 1.29 is 9.90 Å². The van der Waals surface area contributed by atoms with Gasteiger partial charge in [0.2, 0.25) is 5.91 Å². The molecule has 3 heteroatoms. The van der Waals surface area contributed by atoms with Gasteiger partial charge in [0.1, 0.15) is 0 Å². The second-order valence-electron chi connectivity index (χ2n) is 6.43. The highest BCUT2D eigenvalue weighted by molar-refractivity contribution is 5.79. The van der Waals surface area contributed by atoms with E-state index in [0.717, 1.165) is 38.1 Å². The van der Waals surface area contributed by atoms with Gasteiger partial charge in [0, 0.05) is 19.0 Å². The second-order valence-corrected chi connectivity index (χ2v) is 6.43. The number of nitrogens with zero attached hydrogens (tertiary/aromatic N) is 1. The Bertz CT molecular complexity index is 286. The second kappa shape index (κ2) is 7.28. The van der Waals surface area contributed by atoms with Crippen LogP contribution in [0.15, 0.2) is 0 Å². The Labute approximate surface area is 117 Å². The number of aliphatic hydroxyl groups is 1. The van der Waals surface area contributed by atoms with E-state index in [-0.39, 0.29) is 12.0 Å². The van der Waals surface area contributed by atoms with Gasteiger partial charge in [-0.25, -0.2) is 0 Å². The van der Waals surface area contributed by atoms with Crippen LogP contribution in [0.4, 0.5) is 0 Å². The summed E-state index contributed by atoms with van der Waals surface area (Å²) in [7, 11) is 0. The van der Waals surface area contributed by atoms with E-state index in [1.807, 2.05) is 4.90 Å². The van der Waals surface area contributed by atoms with E-state index in [4.69, 9.17) is 0 Å². The zero-order valence-corrected chi connectivity index (χ0v) is 12.3. The lowest BCUT2D eigenvalue weighted by atomic mass is 9.81. The smallest absolute Gasteiger partial charge is 0.225 e. The molecule has 2 atom stereocenters. The predicted molar refractivity (Wildman–Crippen MR) is 76.8 cm³/mol. The third-order valence-electron chi connectivity index (χ3n) is 4.89. The van der Waals surface area contributed by atoms with Crippen LogP contribution < -0.4 is 0 Å². The van der Waals surface area contributed by atoms with Crippen molar-refractivity contribution in [3.05, 3.63) is 0 Å². The van der Waals surface area contributed by atoms with Crippen LogP contribution in [0.1, 0.15) is 64.7 Å². The fraction of sp³-hybridized carbons (Fsp3) is 0.938. The van der Waals surface area contributed by atoms with Gasteiger partial charge < -0.3 is 10.0 Å². The molecule has 1 aliphatic heterocycles. The largest absolute Gasteiger partial charge is 0.391 e. The molecule has 2 fully saturated rings. The van der Waals surface area contributed by atoms with E-state index in [9.17, 15) is 9.90 Å². The molecule has 1 amide bonds. The Balaban J connectivity index is 1.86. The highest BCUT2D eigenvalue weighted by Crippen LogP contribution is 2.31. The fourth-order valence-corrected chi connectivity index (χ4v) is 3.68. The third-order valence-corrected chi connectivity index (χ3v) is 4.89. The Morgan fingerprint density at radius 3 is 2.58 bits per heavy atom. The third kappa shape index (κ3) is 4.20. The standard InChI is InChI=1S/C16H29NO2/c1-2-14(11-13-7-4-3-5-8-13)16(19)17-10-6-9-15(18)12-17/h13-15,18H,2-12H2,1H3. The molecule has 0 bridgehead atoms. The Hall–Kier alpha value is -0.570. The van der Waals surface area contributed by atoms with Crippen molar-refractivity contribution >= 4 is 5.91 Å². The number of carbonyl (C=O) groups is 1. The van der Waals surface area contributed by atoms with Gasteiger partial charge in [-0.3, -0.25) is 4.79 Å². The highest BCUT2D eigenvalue weighted by atomic mass is 16.3. The molecule has 1 saturated carbocycles. The fourth-order valence-electron chi connectivity index (χ4n) is 3.68. The van der Waals surface area contributed by atoms with E-state index < -0.39 is 0 Å². The molecule has 1 heterocycles. The molecule has 0 radical (unpaired) electrons. The maximum atomic E-state index is 12.6. The molecule has 0 aromatic rings. The summed E-state index contributed by atoms with van der Waals surface area (Å²) in [5.74, 6) is 1.25. The minimum atomic E-state index is -0.301. The SMILES string of the molecule is CCC(CC1CCCCC1)C(=O)N1CCCC(O)C1. The highest BCUT2D eigenvalue weighted by Gasteiger charge is 2.29. The van der Waals surface area contributed by atoms with Crippen molar-refractivity contribution in [3.63, 3.8) is 0 Å². The van der Waals surface area contributed by atoms with E-state index in [1.165, 1.54) is 32.1 Å². The summed E-state index contributed by atoms with van der Waals surface area (Å²) in [5.41, 5.74) is 0. The number of rotatable bonds is 4. The number of aliphatic hydroxyl groups excluding tert-OH is 1. The molecule has 2 unspecified atom stereocenters. The first-order valence-electron chi connectivity index (χ1n) is 8.17. The lowest BCUT2D eigenvalue weighted by molar-refractivity contribution is -0.139. The zero-order valence-electron chi connectivity index (χ0n) is 12.3. The Morgan fingerprint density at radius 1 is 1.21 bits per heavy atom. The van der Waals surface area contributed by atoms with Crippen LogP contribution in [0.2, 0.25) is 0 Å². The van der Waals surface area contributed by atoms with Gasteiger partial charge in [-0.1, -0.05) is 39.0 Å². The topological polar surface area (TPSA) is 40.5 Å². The average Bonchev–Trinajstić information content (AvgIpc) is 2.45. The molecule has 2 aliphatic rings. The van der Waals surface area contributed by atoms with Crippen LogP contribution in [-0.2, 0) is 4.79 Å². The number of likely N-dealkylation sites (tertiary alicyclic amines) is 1. The van der Waals surface area contributed by atoms with E-state index in [0.29, 0.717) is 12.5 Å². The van der Waals surface area contributed by atoms with Crippen LogP contribution in [0, 0.1) is 11.8 Å². The van der Waals surface area contributed by atoms with E-state index in [2.05, 4.69) is 6.92 Å². The van der Waals surface area contributed by atoms with Crippen LogP contribution in [-0.4, -0.2) is 35.1 Å². The lowest BCUT2D eigenvalue weighted by Gasteiger charge is -2.34. The molecule has 1 saturated heterocycles. The predicted octanol–water partition coefficient (Wildman–Crippen LogP) is 2.97. The molecule has 1 aliphatic carbocycles. The van der Waals surface area contributed by atoms with Crippen LogP contribution in [0.3, 0.4) is 0 Å². The van der Waals surface area contributed by atoms with Crippen LogP contribution in [0.5, 0.6) is 0 Å². The molecule has 2 rings (SSSR count). The zero-order chi connectivity index (χ0) is 13.7. The average molecular weight is 267 g/mol. The number of hydrogen-bond donors (Lipinski definition) is 1. The van der Waals surface area contributed by atoms with Crippen LogP contribution in [0.25, 0.3) is 0 Å². The van der Waals surface area contributed by atoms with Crippen molar-refractivity contribution in [3.8, 4) is 0 Å². The lowest BCUT2D eigenvalue weighted by Crippen LogP contribution is -2.45. The van der Waals surface area contributed by atoms with E-state index >= 15 is 0 Å². The van der Waals surface area contributed by atoms with Gasteiger partial charge in [0.25, 0.3) is 0 Å². The number of amides is 1. The first-order valence-corrected chi connectivity index (χ1v) is 8.17. The maximum absolute atomic E-state index is 12.6. The van der Waals surface area contributed by atoms with Gasteiger partial charge in [0.05, 0.1) is 6.10 Å². The van der Waals surface area contributed by atoms with Gasteiger partial charge in [-0.05, 0) is 31.6 Å². The summed E-state index contributed by atoms with van der Waals surface area (Å²) >= 11 is 0. The van der Waals surface area contributed by atoms with Gasteiger partial charge in [0.15, 0.2) is 0 Å². The summed E-state index contributed by atoms with van der Waals surface area (Å²) in [6, 6.07) is 0. The molecule has 0 spiro atoms. The first-order chi connectivity index (χ1) is 9.20. The van der Waals surface area contributed by atoms with Crippen molar-refractivity contribution in [2.75, 3.05) is 13.1 Å². The molecular weight excluding hydrogens is 238 g/mol. The monoisotopic (exact) mass is 267 g/mol. The normalized spacial score (nSPS) is 27.3. The summed E-state index contributed by atoms with van der Waals surface area (Å²) in [6.07, 6.45) is 10.2. The summed E-state index contributed by atoms with van der Waals surface area (Å²) in [5, 5.41) is 9.71. The minimum Gasteiger partial charge on any atom is -0.391 e. The molecule has 3 nitrogen and oxygen atoms in total. The summed E-state index contributed by atoms with van der Waals surface area (Å²) in [6.45, 7) is 3.53. The number of piperidine rings is 1. The summed E-state index contributed by atoms with van der Waals surface area (Å²) < 4.78 is 0. The quantitative estimate of drug-likeness (QED) is 0.850. The Kier molecular flexibility index (Phi) is 5.68. The van der Waals surface area contributed by atoms with Crippen molar-refractivity contribution in [2.24, 2.45) is 11.8 Å². The van der Waals surface area contributed by atoms with Gasteiger partial charge in [-0.2, -0.15) is 0 Å². The van der Waals surface area contributed by atoms with E-state index in [1.54, 1.807) is 0 Å². The van der Waals surface area contributed by atoms with Gasteiger partial charge >= 0.3 is 0 Å².